The van der Waals surface area contributed by atoms with E-state index in [2.05, 4.69) is 4.90 Å². The second-order valence-corrected chi connectivity index (χ2v) is 4.32. The summed E-state index contributed by atoms with van der Waals surface area (Å²) in [7, 11) is 0. The fraction of sp³-hybridized carbons (Fsp3) is 0.462. The van der Waals surface area contributed by atoms with Gasteiger partial charge in [-0.05, 0) is 37.8 Å². The van der Waals surface area contributed by atoms with Crippen molar-refractivity contribution in [3.8, 4) is 0 Å². The van der Waals surface area contributed by atoms with Gasteiger partial charge in [-0.25, -0.2) is 4.79 Å². The number of carboxylic acid groups (broad SMARTS) is 1. The number of nitrogens with zero attached hydrogens (tertiary/aromatic N) is 1. The fourth-order valence-corrected chi connectivity index (χ4v) is 2.33. The minimum atomic E-state index is -0.821. The second kappa shape index (κ2) is 4.56. The van der Waals surface area contributed by atoms with Crippen LogP contribution < -0.4 is 4.90 Å². The van der Waals surface area contributed by atoms with Gasteiger partial charge in [0.2, 0.25) is 0 Å². The first-order valence-corrected chi connectivity index (χ1v) is 5.78. The number of benzene rings is 1. The van der Waals surface area contributed by atoms with Gasteiger partial charge < -0.3 is 10.0 Å². The summed E-state index contributed by atoms with van der Waals surface area (Å²) in [5.74, 6) is -0.821. The van der Waals surface area contributed by atoms with Crippen LogP contribution in [0.3, 0.4) is 0 Å². The summed E-state index contributed by atoms with van der Waals surface area (Å²) in [5, 5.41) is 9.25. The molecular weight excluding hydrogens is 202 g/mol. The maximum absolute atomic E-state index is 11.3. The summed E-state index contributed by atoms with van der Waals surface area (Å²) < 4.78 is 0. The molecule has 1 aliphatic heterocycles. The summed E-state index contributed by atoms with van der Waals surface area (Å²) in [6, 6.07) is 5.71. The van der Waals surface area contributed by atoms with E-state index in [1.165, 1.54) is 6.42 Å². The quantitative estimate of drug-likeness (QED) is 0.831. The van der Waals surface area contributed by atoms with Crippen LogP contribution in [0.4, 0.5) is 5.69 Å². The Kier molecular flexibility index (Phi) is 3.13. The van der Waals surface area contributed by atoms with Crippen LogP contribution >= 0.6 is 0 Å². The van der Waals surface area contributed by atoms with Crippen molar-refractivity contribution in [2.75, 3.05) is 18.0 Å². The van der Waals surface area contributed by atoms with Gasteiger partial charge in [-0.3, -0.25) is 0 Å². The molecule has 1 aromatic rings. The Morgan fingerprint density at radius 3 is 2.56 bits per heavy atom. The molecule has 0 radical (unpaired) electrons. The molecule has 16 heavy (non-hydrogen) atoms. The number of aromatic carboxylic acids is 1. The highest BCUT2D eigenvalue weighted by atomic mass is 16.4. The maximum atomic E-state index is 11.3. The largest absolute Gasteiger partial charge is 0.478 e. The standard InChI is InChI=1S/C13H17NO2/c1-10-6-5-7-11(12(10)13(15)16)14-8-3-2-4-9-14/h5-7H,2-4,8-9H2,1H3,(H,15,16). The van der Waals surface area contributed by atoms with Gasteiger partial charge in [-0.1, -0.05) is 12.1 Å². The van der Waals surface area contributed by atoms with Crippen LogP contribution in [-0.2, 0) is 0 Å². The molecule has 0 aliphatic carbocycles. The average Bonchev–Trinajstić information content (AvgIpc) is 2.29. The normalized spacial score (nSPS) is 16.2. The Balaban J connectivity index is 2.38. The van der Waals surface area contributed by atoms with Gasteiger partial charge in [-0.15, -0.1) is 0 Å². The summed E-state index contributed by atoms with van der Waals surface area (Å²) in [6.45, 7) is 3.81. The summed E-state index contributed by atoms with van der Waals surface area (Å²) >= 11 is 0. The van der Waals surface area contributed by atoms with E-state index < -0.39 is 5.97 Å². The van der Waals surface area contributed by atoms with Crippen LogP contribution in [0.1, 0.15) is 35.2 Å². The second-order valence-electron chi connectivity index (χ2n) is 4.32. The minimum absolute atomic E-state index is 0.462. The third kappa shape index (κ3) is 2.03. The molecule has 1 aromatic carbocycles. The van der Waals surface area contributed by atoms with Crippen molar-refractivity contribution in [3.05, 3.63) is 29.3 Å². The van der Waals surface area contributed by atoms with E-state index in [0.717, 1.165) is 37.2 Å². The number of aryl methyl sites for hydroxylation is 1. The monoisotopic (exact) mass is 219 g/mol. The minimum Gasteiger partial charge on any atom is -0.478 e. The number of rotatable bonds is 2. The zero-order valence-corrected chi connectivity index (χ0v) is 9.57. The van der Waals surface area contributed by atoms with Gasteiger partial charge in [-0.2, -0.15) is 0 Å². The van der Waals surface area contributed by atoms with Crippen LogP contribution in [0, 0.1) is 6.92 Å². The predicted octanol–water partition coefficient (Wildman–Crippen LogP) is 2.68. The first kappa shape index (κ1) is 11.0. The summed E-state index contributed by atoms with van der Waals surface area (Å²) in [4.78, 5) is 13.5. The third-order valence-electron chi connectivity index (χ3n) is 3.16. The Bertz CT molecular complexity index is 395. The van der Waals surface area contributed by atoms with Crippen LogP contribution in [0.25, 0.3) is 0 Å². The molecule has 2 rings (SSSR count). The first-order valence-electron chi connectivity index (χ1n) is 5.78. The van der Waals surface area contributed by atoms with Gasteiger partial charge in [0.1, 0.15) is 0 Å². The SMILES string of the molecule is Cc1cccc(N2CCCCC2)c1C(=O)O. The van der Waals surface area contributed by atoms with Gasteiger partial charge in [0.05, 0.1) is 11.3 Å². The maximum Gasteiger partial charge on any atom is 0.338 e. The van der Waals surface area contributed by atoms with Crippen LogP contribution in [0.15, 0.2) is 18.2 Å². The molecule has 1 heterocycles. The van der Waals surface area contributed by atoms with E-state index >= 15 is 0 Å². The van der Waals surface area contributed by atoms with E-state index in [1.54, 1.807) is 0 Å². The highest BCUT2D eigenvalue weighted by Crippen LogP contribution is 2.26. The van der Waals surface area contributed by atoms with Crippen molar-refractivity contribution in [3.63, 3.8) is 0 Å². The fourth-order valence-electron chi connectivity index (χ4n) is 2.33. The Hall–Kier alpha value is -1.51. The Labute approximate surface area is 95.7 Å². The number of carbonyl (C=O) groups is 1. The number of anilines is 1. The van der Waals surface area contributed by atoms with Crippen molar-refractivity contribution in [1.29, 1.82) is 0 Å². The molecule has 1 aliphatic rings. The molecule has 86 valence electrons. The van der Waals surface area contributed by atoms with Gasteiger partial charge in [0.25, 0.3) is 0 Å². The molecule has 1 N–H and O–H groups in total. The molecule has 0 saturated carbocycles. The Morgan fingerprint density at radius 2 is 1.94 bits per heavy atom. The van der Waals surface area contributed by atoms with Crippen LogP contribution in [-0.4, -0.2) is 24.2 Å². The lowest BCUT2D eigenvalue weighted by Gasteiger charge is -2.30. The van der Waals surface area contributed by atoms with Crippen molar-refractivity contribution in [1.82, 2.24) is 0 Å². The van der Waals surface area contributed by atoms with E-state index in [-0.39, 0.29) is 0 Å². The van der Waals surface area contributed by atoms with Gasteiger partial charge >= 0.3 is 5.97 Å². The highest BCUT2D eigenvalue weighted by molar-refractivity contribution is 5.96. The lowest BCUT2D eigenvalue weighted by molar-refractivity contribution is 0.0696. The molecule has 0 unspecified atom stereocenters. The average molecular weight is 219 g/mol. The summed E-state index contributed by atoms with van der Waals surface area (Å²) in [6.07, 6.45) is 3.57. The zero-order valence-electron chi connectivity index (χ0n) is 9.57. The van der Waals surface area contributed by atoms with Crippen LogP contribution in [0.2, 0.25) is 0 Å². The van der Waals surface area contributed by atoms with E-state index in [9.17, 15) is 9.90 Å². The third-order valence-corrected chi connectivity index (χ3v) is 3.16. The topological polar surface area (TPSA) is 40.5 Å². The molecule has 0 spiro atoms. The van der Waals surface area contributed by atoms with Crippen molar-refractivity contribution in [2.24, 2.45) is 0 Å². The molecule has 1 fully saturated rings. The summed E-state index contributed by atoms with van der Waals surface area (Å²) in [5.41, 5.74) is 2.19. The number of carboxylic acids is 1. The molecule has 3 nitrogen and oxygen atoms in total. The molecule has 0 aromatic heterocycles. The lowest BCUT2D eigenvalue weighted by atomic mass is 10.0. The number of hydrogen-bond donors (Lipinski definition) is 1. The van der Waals surface area contributed by atoms with Crippen LogP contribution in [0.5, 0.6) is 0 Å². The van der Waals surface area contributed by atoms with E-state index in [1.807, 2.05) is 25.1 Å². The van der Waals surface area contributed by atoms with E-state index in [0.29, 0.717) is 5.56 Å². The van der Waals surface area contributed by atoms with Crippen molar-refractivity contribution in [2.45, 2.75) is 26.2 Å². The van der Waals surface area contributed by atoms with Gasteiger partial charge in [0.15, 0.2) is 0 Å². The Morgan fingerprint density at radius 1 is 1.25 bits per heavy atom. The lowest BCUT2D eigenvalue weighted by Crippen LogP contribution is -2.31. The van der Waals surface area contributed by atoms with E-state index in [4.69, 9.17) is 0 Å². The zero-order chi connectivity index (χ0) is 11.5. The van der Waals surface area contributed by atoms with Crippen molar-refractivity contribution >= 4 is 11.7 Å². The molecule has 0 bridgehead atoms. The molecule has 0 atom stereocenters. The predicted molar refractivity (Wildman–Crippen MR) is 64.2 cm³/mol. The molecule has 0 amide bonds. The smallest absolute Gasteiger partial charge is 0.338 e. The molecular formula is C13H17NO2. The first-order chi connectivity index (χ1) is 7.70. The van der Waals surface area contributed by atoms with Crippen molar-refractivity contribution < 1.29 is 9.90 Å². The van der Waals surface area contributed by atoms with Gasteiger partial charge in [0, 0.05) is 13.1 Å². The number of hydrogen-bond acceptors (Lipinski definition) is 2. The molecule has 1 saturated heterocycles. The molecule has 3 heteroatoms. The highest BCUT2D eigenvalue weighted by Gasteiger charge is 2.19. The number of piperidine rings is 1.